The summed E-state index contributed by atoms with van der Waals surface area (Å²) < 4.78 is 80.0. The fourth-order valence-corrected chi connectivity index (χ4v) is 6.25. The van der Waals surface area contributed by atoms with Gasteiger partial charge in [-0.3, -0.25) is 0 Å². The van der Waals surface area contributed by atoms with Gasteiger partial charge in [0.1, 0.15) is 0 Å². The normalized spacial score (nSPS) is 14.3. The molecular formula is C29H35Cl4N3O8S2. The molecule has 0 radical (unpaired) electrons. The molecule has 0 atom stereocenters. The minimum atomic E-state index is -4.41. The number of rotatable bonds is 13. The zero-order valence-corrected chi connectivity index (χ0v) is 30.1. The Kier molecular flexibility index (Phi) is 14.1. The van der Waals surface area contributed by atoms with E-state index < -0.39 is 31.7 Å². The van der Waals surface area contributed by atoms with Gasteiger partial charge in [0.15, 0.2) is 12.3 Å². The van der Waals surface area contributed by atoms with Crippen molar-refractivity contribution in [2.24, 2.45) is 0 Å². The molecule has 0 saturated heterocycles. The molecule has 17 heteroatoms. The van der Waals surface area contributed by atoms with Gasteiger partial charge < -0.3 is 28.1 Å². The maximum absolute atomic E-state index is 11.1. The van der Waals surface area contributed by atoms with Crippen LogP contribution in [0.15, 0.2) is 46.7 Å². The van der Waals surface area contributed by atoms with E-state index in [2.05, 4.69) is 20.8 Å². The molecular weight excluding hydrogens is 724 g/mol. The van der Waals surface area contributed by atoms with Crippen molar-refractivity contribution in [2.45, 2.75) is 40.2 Å². The molecule has 0 fully saturated rings. The number of benzene rings is 2. The number of ether oxygens (including phenoxy) is 1. The minimum absolute atomic E-state index is 0.0314. The van der Waals surface area contributed by atoms with Gasteiger partial charge in [-0.25, -0.2) is 16.8 Å². The highest BCUT2D eigenvalue weighted by molar-refractivity contribution is 7.85. The predicted octanol–water partition coefficient (Wildman–Crippen LogP) is 4.89. The quantitative estimate of drug-likeness (QED) is 0.190. The molecule has 1 aromatic heterocycles. The van der Waals surface area contributed by atoms with Crippen molar-refractivity contribution in [3.05, 3.63) is 68.3 Å². The molecule has 46 heavy (non-hydrogen) atoms. The lowest BCUT2D eigenvalue weighted by Gasteiger charge is -2.18. The zero-order valence-electron chi connectivity index (χ0n) is 25.4. The summed E-state index contributed by atoms with van der Waals surface area (Å²) in [6.07, 6.45) is 4.80. The number of fused-ring (bicyclic) bond motifs is 2. The molecule has 1 aliphatic rings. The van der Waals surface area contributed by atoms with Crippen molar-refractivity contribution in [2.75, 3.05) is 42.6 Å². The van der Waals surface area contributed by atoms with Crippen LogP contribution in [-0.2, 0) is 26.8 Å². The van der Waals surface area contributed by atoms with E-state index in [1.54, 1.807) is 44.7 Å². The van der Waals surface area contributed by atoms with Gasteiger partial charge in [0.05, 0.1) is 71.7 Å². The Balaban J connectivity index is 0.000000738. The second-order valence-electron chi connectivity index (χ2n) is 10.2. The fraction of sp³-hybridized carbons (Fsp3) is 0.414. The molecule has 1 aliphatic heterocycles. The number of anilines is 1. The van der Waals surface area contributed by atoms with Gasteiger partial charge in [0.25, 0.3) is 5.52 Å². The van der Waals surface area contributed by atoms with Crippen LogP contribution in [0.3, 0.4) is 0 Å². The molecule has 254 valence electrons. The van der Waals surface area contributed by atoms with Crippen LogP contribution in [0.5, 0.6) is 5.75 Å². The molecule has 3 aromatic rings. The first-order chi connectivity index (χ1) is 21.6. The summed E-state index contributed by atoms with van der Waals surface area (Å²) in [7, 11) is -8.82. The highest BCUT2D eigenvalue weighted by Crippen LogP contribution is 2.43. The first-order valence-corrected chi connectivity index (χ1v) is 19.1. The van der Waals surface area contributed by atoms with Crippen molar-refractivity contribution in [1.82, 2.24) is 0 Å². The van der Waals surface area contributed by atoms with Crippen molar-refractivity contribution >= 4 is 89.5 Å². The largest absolute Gasteiger partial charge is 0.748 e. The van der Waals surface area contributed by atoms with Crippen LogP contribution in [0.1, 0.15) is 39.5 Å². The van der Waals surface area contributed by atoms with Gasteiger partial charge in [-0.05, 0) is 45.4 Å². The van der Waals surface area contributed by atoms with Crippen molar-refractivity contribution in [1.29, 1.82) is 0 Å². The average molecular weight is 760 g/mol. The van der Waals surface area contributed by atoms with Crippen LogP contribution < -0.4 is 19.1 Å². The molecule has 4 rings (SSSR count). The number of hydrogen-bond donors (Lipinski definition) is 1. The Morgan fingerprint density at radius 3 is 2.00 bits per heavy atom. The van der Waals surface area contributed by atoms with E-state index >= 15 is 0 Å². The molecule has 2 heterocycles. The smallest absolute Gasteiger partial charge is 0.374 e. The van der Waals surface area contributed by atoms with Gasteiger partial charge in [-0.15, -0.1) is 0 Å². The summed E-state index contributed by atoms with van der Waals surface area (Å²) in [6, 6.07) is 6.18. The molecule has 2 aromatic carbocycles. The van der Waals surface area contributed by atoms with E-state index in [4.69, 9.17) is 55.6 Å². The Morgan fingerprint density at radius 1 is 0.848 bits per heavy atom. The lowest BCUT2D eigenvalue weighted by atomic mass is 10.2. The molecule has 11 nitrogen and oxygen atoms in total. The minimum Gasteiger partial charge on any atom is -0.748 e. The third kappa shape index (κ3) is 11.0. The SMILES string of the molecule is CC[NH+](CC)CC.O=S(=O)([O-])CCCN1C(=CC=Cc2oc3cc(Cl)c(Cl)cc3[n+]2CCCS(=O)(=O)[O-])Oc2cc(Cl)c(Cl)cc21. The third-order valence-corrected chi connectivity index (χ3v) is 10.1. The summed E-state index contributed by atoms with van der Waals surface area (Å²) in [5.41, 5.74) is 1.46. The number of nitrogens with zero attached hydrogens (tertiary/aromatic N) is 2. The highest BCUT2D eigenvalue weighted by atomic mass is 35.5. The second-order valence-corrected chi connectivity index (χ2v) is 14.9. The molecule has 0 bridgehead atoms. The van der Waals surface area contributed by atoms with Crippen LogP contribution in [0.25, 0.3) is 17.2 Å². The van der Waals surface area contributed by atoms with E-state index in [-0.39, 0.29) is 46.0 Å². The van der Waals surface area contributed by atoms with E-state index in [0.717, 1.165) is 0 Å². The average Bonchev–Trinajstić information content (AvgIpc) is 3.46. The molecule has 0 unspecified atom stereocenters. The molecule has 0 saturated carbocycles. The van der Waals surface area contributed by atoms with Gasteiger partial charge in [0, 0.05) is 42.7 Å². The van der Waals surface area contributed by atoms with Crippen molar-refractivity contribution in [3.8, 4) is 5.75 Å². The van der Waals surface area contributed by atoms with Gasteiger partial charge in [-0.2, -0.15) is 4.57 Å². The maximum atomic E-state index is 11.1. The Bertz CT molecular complexity index is 1800. The van der Waals surface area contributed by atoms with E-state index in [0.29, 0.717) is 34.3 Å². The van der Waals surface area contributed by atoms with Crippen LogP contribution in [0, 0.1) is 0 Å². The molecule has 0 aliphatic carbocycles. The number of aryl methyl sites for hydroxylation is 1. The predicted molar refractivity (Wildman–Crippen MR) is 179 cm³/mol. The first-order valence-electron chi connectivity index (χ1n) is 14.4. The first kappa shape index (κ1) is 38.4. The monoisotopic (exact) mass is 757 g/mol. The fourth-order valence-electron chi connectivity index (χ4n) is 4.67. The Hall–Kier alpha value is -2.07. The Labute approximate surface area is 289 Å². The number of hydrogen-bond acceptors (Lipinski definition) is 9. The van der Waals surface area contributed by atoms with Gasteiger partial charge in [-0.1, -0.05) is 46.4 Å². The number of allylic oxidation sites excluding steroid dienone is 2. The van der Waals surface area contributed by atoms with E-state index in [1.165, 1.54) is 31.8 Å². The van der Waals surface area contributed by atoms with Crippen LogP contribution in [0.2, 0.25) is 20.1 Å². The number of quaternary nitrogens is 1. The Morgan fingerprint density at radius 2 is 1.41 bits per heavy atom. The summed E-state index contributed by atoms with van der Waals surface area (Å²) in [5.74, 6) is -0.141. The third-order valence-electron chi connectivity index (χ3n) is 7.08. The van der Waals surface area contributed by atoms with Crippen LogP contribution in [0.4, 0.5) is 5.69 Å². The topological polar surface area (TPSA) is 148 Å². The van der Waals surface area contributed by atoms with Gasteiger partial charge >= 0.3 is 5.89 Å². The second kappa shape index (κ2) is 16.8. The molecule has 0 spiro atoms. The summed E-state index contributed by atoms with van der Waals surface area (Å²) in [6.45, 7) is 10.8. The zero-order chi connectivity index (χ0) is 34.2. The standard InChI is InChI=1S/C23H20Cl4N2O8S2.C6H15N/c24-14-10-18-20(12-16(14)26)36-22(28(18)6-2-8-38(30,31)32)4-1-5-23-29(7-3-9-39(33,34)35)19-11-15(25)17(27)13-21(19)37-23;1-4-7(5-2)6-3/h1,4-5,10-13H,2-3,6-9H2,(H-,30,31,32,33,34,35);4-6H2,1-3H3. The van der Waals surface area contributed by atoms with Gasteiger partial charge in [0.2, 0.25) is 11.5 Å². The number of nitrogens with one attached hydrogen (secondary N) is 1. The number of aromatic nitrogens is 1. The lowest BCUT2D eigenvalue weighted by molar-refractivity contribution is -0.894. The maximum Gasteiger partial charge on any atom is 0.374 e. The molecule has 1 N–H and O–H groups in total. The number of halogens is 4. The summed E-state index contributed by atoms with van der Waals surface area (Å²) in [4.78, 5) is 3.33. The van der Waals surface area contributed by atoms with E-state index in [1.807, 2.05) is 0 Å². The van der Waals surface area contributed by atoms with Crippen LogP contribution in [-0.4, -0.2) is 63.6 Å². The summed E-state index contributed by atoms with van der Waals surface area (Å²) >= 11 is 24.5. The summed E-state index contributed by atoms with van der Waals surface area (Å²) in [5, 5.41) is 1.04. The van der Waals surface area contributed by atoms with E-state index in [9.17, 15) is 25.9 Å². The van der Waals surface area contributed by atoms with Crippen molar-refractivity contribution in [3.63, 3.8) is 0 Å². The molecule has 0 amide bonds. The van der Waals surface area contributed by atoms with Crippen molar-refractivity contribution < 1.29 is 44.6 Å². The highest BCUT2D eigenvalue weighted by Gasteiger charge is 2.28. The number of oxazole rings is 1. The lowest BCUT2D eigenvalue weighted by Crippen LogP contribution is -3.11. The van der Waals surface area contributed by atoms with Crippen LogP contribution >= 0.6 is 46.4 Å².